The zero-order valence-corrected chi connectivity index (χ0v) is 24.8. The average Bonchev–Trinajstić information content (AvgIpc) is 3.68. The molecule has 6 rings (SSSR count). The number of ether oxygens (including phenoxy) is 2. The number of hydrogen-bond acceptors (Lipinski definition) is 8. The van der Waals surface area contributed by atoms with Gasteiger partial charge in [-0.25, -0.2) is 23.7 Å². The summed E-state index contributed by atoms with van der Waals surface area (Å²) in [6.45, 7) is 2.09. The highest BCUT2D eigenvalue weighted by Gasteiger charge is 2.22. The Morgan fingerprint density at radius 3 is 2.60 bits per heavy atom. The molecular formula is C33H32FN7O4. The second kappa shape index (κ2) is 12.7. The number of nitrogens with zero attached hydrogens (tertiary/aromatic N) is 6. The molecule has 0 radical (unpaired) electrons. The van der Waals surface area contributed by atoms with E-state index in [1.54, 1.807) is 73.8 Å². The molecule has 3 aromatic carbocycles. The molecule has 3 heterocycles. The van der Waals surface area contributed by atoms with Crippen molar-refractivity contribution in [2.75, 3.05) is 44.5 Å². The van der Waals surface area contributed by atoms with Crippen molar-refractivity contribution in [1.29, 1.82) is 0 Å². The molecule has 45 heavy (non-hydrogen) atoms. The van der Waals surface area contributed by atoms with Gasteiger partial charge in [0.1, 0.15) is 29.2 Å². The quantitative estimate of drug-likeness (QED) is 0.245. The Hall–Kier alpha value is -5.33. The maximum absolute atomic E-state index is 14.0. The molecule has 1 fully saturated rings. The number of carbonyl (C=O) groups is 1. The number of fused-ring (bicyclic) bond motifs is 1. The van der Waals surface area contributed by atoms with Crippen molar-refractivity contribution in [2.45, 2.75) is 12.5 Å². The lowest BCUT2D eigenvalue weighted by atomic mass is 10.2. The Kier molecular flexibility index (Phi) is 8.41. The number of anilines is 2. The number of amides is 1. The minimum atomic E-state index is -0.430. The first kappa shape index (κ1) is 29.7. The van der Waals surface area contributed by atoms with Crippen LogP contribution in [0.4, 0.5) is 15.9 Å². The van der Waals surface area contributed by atoms with Crippen LogP contribution in [0.15, 0.2) is 96.1 Å². The Morgan fingerprint density at radius 2 is 1.84 bits per heavy atom. The molecule has 1 aliphatic heterocycles. The first-order valence-corrected chi connectivity index (χ1v) is 14.4. The van der Waals surface area contributed by atoms with E-state index in [2.05, 4.69) is 14.9 Å². The molecule has 0 saturated carbocycles. The minimum absolute atomic E-state index is 0.124. The SMILES string of the molecule is CN(C(=O)C=CCN(C)[C@H]1CCOC1)c1cccc(-n2c(=O)n(-c3ccc(Oc4cccc(F)c4)cc3)c3c(N)ncnc32)c1. The van der Waals surface area contributed by atoms with Gasteiger partial charge in [-0.15, -0.1) is 0 Å². The van der Waals surface area contributed by atoms with Crippen molar-refractivity contribution >= 4 is 28.6 Å². The second-order valence-corrected chi connectivity index (χ2v) is 10.7. The number of benzene rings is 3. The highest BCUT2D eigenvalue weighted by molar-refractivity contribution is 6.01. The van der Waals surface area contributed by atoms with Gasteiger partial charge >= 0.3 is 5.69 Å². The fourth-order valence-corrected chi connectivity index (χ4v) is 5.27. The van der Waals surface area contributed by atoms with Crippen LogP contribution >= 0.6 is 0 Å². The van der Waals surface area contributed by atoms with Crippen LogP contribution < -0.4 is 21.1 Å². The van der Waals surface area contributed by atoms with Gasteiger partial charge in [0.05, 0.1) is 18.0 Å². The van der Waals surface area contributed by atoms with Gasteiger partial charge < -0.3 is 20.1 Å². The summed E-state index contributed by atoms with van der Waals surface area (Å²) in [4.78, 5) is 39.2. The minimum Gasteiger partial charge on any atom is -0.457 e. The number of nitrogen functional groups attached to an aromatic ring is 1. The third kappa shape index (κ3) is 6.19. The molecule has 2 aromatic heterocycles. The van der Waals surface area contributed by atoms with Crippen molar-refractivity contribution in [3.05, 3.63) is 108 Å². The molecular weight excluding hydrogens is 577 g/mol. The molecule has 0 aliphatic carbocycles. The number of imidazole rings is 1. The lowest BCUT2D eigenvalue weighted by molar-refractivity contribution is -0.113. The molecule has 230 valence electrons. The van der Waals surface area contributed by atoms with Gasteiger partial charge in [0.25, 0.3) is 0 Å². The van der Waals surface area contributed by atoms with Crippen LogP contribution in [0.3, 0.4) is 0 Å². The largest absolute Gasteiger partial charge is 0.457 e. The first-order valence-electron chi connectivity index (χ1n) is 14.4. The number of aromatic nitrogens is 4. The topological polar surface area (TPSA) is 121 Å². The Bertz CT molecular complexity index is 1930. The highest BCUT2D eigenvalue weighted by Crippen LogP contribution is 2.27. The normalized spacial score (nSPS) is 14.9. The number of carbonyl (C=O) groups excluding carboxylic acids is 1. The van der Waals surface area contributed by atoms with Crippen molar-refractivity contribution in [1.82, 2.24) is 24.0 Å². The van der Waals surface area contributed by atoms with Crippen LogP contribution in [0.25, 0.3) is 22.5 Å². The smallest absolute Gasteiger partial charge is 0.339 e. The van der Waals surface area contributed by atoms with Gasteiger partial charge in [-0.05, 0) is 68.1 Å². The molecule has 5 aromatic rings. The summed E-state index contributed by atoms with van der Waals surface area (Å²) in [5.41, 5.74) is 8.06. The summed E-state index contributed by atoms with van der Waals surface area (Å²) in [6.07, 6.45) is 5.67. The van der Waals surface area contributed by atoms with E-state index in [1.165, 1.54) is 32.5 Å². The van der Waals surface area contributed by atoms with E-state index in [9.17, 15) is 14.0 Å². The van der Waals surface area contributed by atoms with Crippen molar-refractivity contribution in [3.8, 4) is 22.9 Å². The molecule has 2 N–H and O–H groups in total. The average molecular weight is 610 g/mol. The van der Waals surface area contributed by atoms with E-state index in [4.69, 9.17) is 15.2 Å². The Balaban J connectivity index is 1.29. The van der Waals surface area contributed by atoms with Crippen molar-refractivity contribution in [2.24, 2.45) is 0 Å². The van der Waals surface area contributed by atoms with Crippen LogP contribution in [-0.4, -0.2) is 69.8 Å². The molecule has 1 amide bonds. The number of halogens is 1. The summed E-state index contributed by atoms with van der Waals surface area (Å²) < 4.78 is 27.6. The summed E-state index contributed by atoms with van der Waals surface area (Å²) in [5.74, 6) is 0.315. The van der Waals surface area contributed by atoms with Gasteiger partial charge in [0.2, 0.25) is 5.91 Å². The maximum atomic E-state index is 14.0. The van der Waals surface area contributed by atoms with Crippen molar-refractivity contribution in [3.63, 3.8) is 0 Å². The molecule has 1 saturated heterocycles. The Labute approximate surface area is 258 Å². The van der Waals surface area contributed by atoms with E-state index in [1.807, 2.05) is 13.1 Å². The molecule has 0 unspecified atom stereocenters. The zero-order valence-electron chi connectivity index (χ0n) is 24.8. The van der Waals surface area contributed by atoms with E-state index in [0.717, 1.165) is 13.0 Å². The monoisotopic (exact) mass is 609 g/mol. The molecule has 12 heteroatoms. The van der Waals surface area contributed by atoms with Gasteiger partial charge in [-0.3, -0.25) is 14.3 Å². The summed E-state index contributed by atoms with van der Waals surface area (Å²) >= 11 is 0. The zero-order chi connectivity index (χ0) is 31.5. The maximum Gasteiger partial charge on any atom is 0.339 e. The molecule has 1 atom stereocenters. The van der Waals surface area contributed by atoms with Gasteiger partial charge in [-0.2, -0.15) is 0 Å². The van der Waals surface area contributed by atoms with Gasteiger partial charge in [0.15, 0.2) is 11.5 Å². The van der Waals surface area contributed by atoms with Crippen LogP contribution in [0.1, 0.15) is 6.42 Å². The standard InChI is InChI=1S/C33H32FN7O4/c1-38(26-15-17-44-20-26)16-5-10-29(42)39(2)24-7-4-8-25(19-24)41-32-30(31(35)36-21-37-32)40(33(41)43)23-11-13-27(14-12-23)45-28-9-3-6-22(34)18-28/h3-14,18-19,21,26H,15-17,20H2,1-2H3,(H2,35,36,37)/t26-/m0/s1. The number of hydrogen-bond donors (Lipinski definition) is 1. The summed E-state index contributed by atoms with van der Waals surface area (Å²) in [5, 5.41) is 0. The fraction of sp³-hybridized carbons (Fsp3) is 0.212. The number of rotatable bonds is 9. The summed E-state index contributed by atoms with van der Waals surface area (Å²) in [6, 6.07) is 20.0. The first-order chi connectivity index (χ1) is 21.8. The summed E-state index contributed by atoms with van der Waals surface area (Å²) in [7, 11) is 3.70. The van der Waals surface area contributed by atoms with Crippen LogP contribution in [-0.2, 0) is 9.53 Å². The Morgan fingerprint density at radius 1 is 1.04 bits per heavy atom. The molecule has 1 aliphatic rings. The van der Waals surface area contributed by atoms with Crippen LogP contribution in [0, 0.1) is 5.82 Å². The number of likely N-dealkylation sites (N-methyl/N-ethyl adjacent to an activating group) is 2. The van der Waals surface area contributed by atoms with Crippen LogP contribution in [0.5, 0.6) is 11.5 Å². The molecule has 0 bridgehead atoms. The van der Waals surface area contributed by atoms with Gasteiger partial charge in [0, 0.05) is 44.1 Å². The number of nitrogens with two attached hydrogens (primary N) is 1. The second-order valence-electron chi connectivity index (χ2n) is 10.7. The van der Waals surface area contributed by atoms with Crippen LogP contribution in [0.2, 0.25) is 0 Å². The predicted octanol–water partition coefficient (Wildman–Crippen LogP) is 4.32. The predicted molar refractivity (Wildman–Crippen MR) is 170 cm³/mol. The van der Waals surface area contributed by atoms with E-state index < -0.39 is 11.5 Å². The van der Waals surface area contributed by atoms with Crippen molar-refractivity contribution < 1.29 is 18.7 Å². The third-order valence-corrected chi connectivity index (χ3v) is 7.76. The van der Waals surface area contributed by atoms with Gasteiger partial charge in [-0.1, -0.05) is 18.2 Å². The lowest BCUT2D eigenvalue weighted by Gasteiger charge is -2.21. The van der Waals surface area contributed by atoms with E-state index in [-0.39, 0.29) is 11.7 Å². The molecule has 0 spiro atoms. The van der Waals surface area contributed by atoms with E-state index >= 15 is 0 Å². The molecule has 11 nitrogen and oxygen atoms in total. The fourth-order valence-electron chi connectivity index (χ4n) is 5.27. The van der Waals surface area contributed by atoms with E-state index in [0.29, 0.717) is 58.9 Å². The third-order valence-electron chi connectivity index (χ3n) is 7.76. The highest BCUT2D eigenvalue weighted by atomic mass is 19.1. The lowest BCUT2D eigenvalue weighted by Crippen LogP contribution is -2.32.